The van der Waals surface area contributed by atoms with Gasteiger partial charge in [0.1, 0.15) is 0 Å². The number of esters is 1. The summed E-state index contributed by atoms with van der Waals surface area (Å²) in [6.07, 6.45) is 0. The smallest absolute Gasteiger partial charge is 0.337 e. The van der Waals surface area contributed by atoms with E-state index in [1.807, 2.05) is 0 Å². The molecule has 0 aliphatic carbocycles. The number of hydrogen-bond acceptors (Lipinski definition) is 9. The highest BCUT2D eigenvalue weighted by molar-refractivity contribution is 7.99. The molecule has 13 heteroatoms. The van der Waals surface area contributed by atoms with Crippen LogP contribution in [0.15, 0.2) is 50.1 Å². The molecule has 1 aromatic carbocycles. The summed E-state index contributed by atoms with van der Waals surface area (Å²) in [6, 6.07) is 5.88. The maximum Gasteiger partial charge on any atom is 0.337 e. The van der Waals surface area contributed by atoms with Crippen LogP contribution in [0.1, 0.15) is 20.8 Å². The number of thioether (sulfide) groups is 1. The highest BCUT2D eigenvalue weighted by atomic mass is 32.2. The van der Waals surface area contributed by atoms with Gasteiger partial charge in [0.15, 0.2) is 0 Å². The van der Waals surface area contributed by atoms with Gasteiger partial charge >= 0.3 is 12.0 Å². The van der Waals surface area contributed by atoms with Crippen LogP contribution in [-0.4, -0.2) is 66.9 Å². The van der Waals surface area contributed by atoms with E-state index in [9.17, 15) is 18.0 Å². The average Bonchev–Trinajstić information content (AvgIpc) is 3.28. The quantitative estimate of drug-likeness (QED) is 0.373. The van der Waals surface area contributed by atoms with Gasteiger partial charge in [-0.3, -0.25) is 0 Å². The number of sulfonamides is 1. The zero-order valence-corrected chi connectivity index (χ0v) is 20.1. The summed E-state index contributed by atoms with van der Waals surface area (Å²) in [5.41, 5.74) is 1.18. The first kappa shape index (κ1) is 24.7. The predicted octanol–water partition coefficient (Wildman–Crippen LogP) is 1.99. The van der Waals surface area contributed by atoms with Crippen molar-refractivity contribution in [2.45, 2.75) is 30.9 Å². The maximum absolute atomic E-state index is 12.8. The highest BCUT2D eigenvalue weighted by Crippen LogP contribution is 2.27. The van der Waals surface area contributed by atoms with Gasteiger partial charge in [0.25, 0.3) is 5.22 Å². The molecule has 11 nitrogen and oxygen atoms in total. The van der Waals surface area contributed by atoms with Gasteiger partial charge in [0.05, 0.1) is 23.6 Å². The number of nitrogens with one attached hydrogen (secondary N) is 2. The molecular weight excluding hydrogens is 470 g/mol. The van der Waals surface area contributed by atoms with Gasteiger partial charge in [-0.25, -0.2) is 18.0 Å². The van der Waals surface area contributed by atoms with Crippen molar-refractivity contribution in [1.82, 2.24) is 25.1 Å². The summed E-state index contributed by atoms with van der Waals surface area (Å²) in [5, 5.41) is 13.3. The molecule has 1 aliphatic heterocycles. The molecule has 0 fully saturated rings. The number of nitrogens with zero attached hydrogens (tertiary/aromatic N) is 3. The third-order valence-electron chi connectivity index (χ3n) is 4.75. The van der Waals surface area contributed by atoms with Crippen molar-refractivity contribution in [3.63, 3.8) is 0 Å². The second-order valence-electron chi connectivity index (χ2n) is 6.76. The molecule has 33 heavy (non-hydrogen) atoms. The lowest BCUT2D eigenvalue weighted by Gasteiger charge is -2.20. The summed E-state index contributed by atoms with van der Waals surface area (Å²) in [4.78, 5) is 24.0. The molecule has 2 amide bonds. The summed E-state index contributed by atoms with van der Waals surface area (Å²) >= 11 is 1.13. The molecule has 0 radical (unpaired) electrons. The van der Waals surface area contributed by atoms with Gasteiger partial charge in [0.2, 0.25) is 15.9 Å². The van der Waals surface area contributed by atoms with Crippen molar-refractivity contribution in [1.29, 1.82) is 0 Å². The first-order valence-corrected chi connectivity index (χ1v) is 12.7. The van der Waals surface area contributed by atoms with Crippen LogP contribution in [-0.2, 0) is 19.6 Å². The average molecular weight is 496 g/mol. The summed E-state index contributed by atoms with van der Waals surface area (Å²) in [7, 11) is -3.63. The van der Waals surface area contributed by atoms with E-state index < -0.39 is 22.0 Å². The minimum absolute atomic E-state index is 0.0590. The molecule has 1 aliphatic rings. The lowest BCUT2D eigenvalue weighted by Crippen LogP contribution is -2.44. The Hall–Kier alpha value is -2.90. The van der Waals surface area contributed by atoms with E-state index in [2.05, 4.69) is 20.8 Å². The second-order valence-corrected chi connectivity index (χ2v) is 9.63. The summed E-state index contributed by atoms with van der Waals surface area (Å²) in [6.45, 7) is 6.25. The molecule has 0 saturated carbocycles. The Morgan fingerprint density at radius 3 is 2.70 bits per heavy atom. The monoisotopic (exact) mass is 495 g/mol. The van der Waals surface area contributed by atoms with Crippen LogP contribution in [0.2, 0.25) is 0 Å². The minimum Gasteiger partial charge on any atom is -0.463 e. The molecule has 3 rings (SSSR count). The van der Waals surface area contributed by atoms with Crippen LogP contribution in [0.5, 0.6) is 0 Å². The number of carbonyl (C=O) groups excluding carboxylic acids is 2. The van der Waals surface area contributed by atoms with Crippen LogP contribution in [0.3, 0.4) is 0 Å². The fraction of sp³-hybridized carbons (Fsp3) is 0.400. The minimum atomic E-state index is -3.63. The molecule has 0 spiro atoms. The number of amides is 2. The number of carbonyl (C=O) groups is 2. The lowest BCUT2D eigenvalue weighted by atomic mass is 10.2. The third kappa shape index (κ3) is 5.72. The molecule has 2 aromatic rings. The second kappa shape index (κ2) is 10.8. The van der Waals surface area contributed by atoms with E-state index in [1.54, 1.807) is 32.9 Å². The van der Waals surface area contributed by atoms with Gasteiger partial charge in [0, 0.05) is 30.1 Å². The van der Waals surface area contributed by atoms with Gasteiger partial charge in [-0.2, -0.15) is 4.31 Å². The van der Waals surface area contributed by atoms with E-state index in [0.717, 1.165) is 11.8 Å². The molecule has 0 saturated heterocycles. The number of aromatic nitrogens is 2. The first-order valence-electron chi connectivity index (χ1n) is 10.3. The molecule has 0 atom stereocenters. The van der Waals surface area contributed by atoms with E-state index in [0.29, 0.717) is 29.9 Å². The largest absolute Gasteiger partial charge is 0.463 e. The molecule has 2 heterocycles. The lowest BCUT2D eigenvalue weighted by molar-refractivity contribution is -0.138. The van der Waals surface area contributed by atoms with Crippen molar-refractivity contribution in [2.24, 2.45) is 0 Å². The van der Waals surface area contributed by atoms with Crippen LogP contribution >= 0.6 is 11.8 Å². The van der Waals surface area contributed by atoms with Crippen LogP contribution in [0.25, 0.3) is 11.5 Å². The number of hydrogen-bond donors (Lipinski definition) is 2. The predicted molar refractivity (Wildman–Crippen MR) is 121 cm³/mol. The Labute approximate surface area is 196 Å². The number of ether oxygens (including phenoxy) is 1. The standard InChI is InChI=1S/C20H25N5O6S2/c1-4-25(5-2)33(28,29)14-9-7-8-13(10-14)17-23-24-20(31-17)32-12-16-15(18(26)30-6-3)11-21-19(27)22-16/h7-10H,4-6,11-12H2,1-3H3,(H2,21,22,27). The zero-order valence-electron chi connectivity index (χ0n) is 18.5. The normalized spacial score (nSPS) is 14.2. The van der Waals surface area contributed by atoms with Gasteiger partial charge < -0.3 is 19.8 Å². The van der Waals surface area contributed by atoms with Gasteiger partial charge in [-0.1, -0.05) is 31.7 Å². The zero-order chi connectivity index (χ0) is 24.0. The van der Waals surface area contributed by atoms with Crippen molar-refractivity contribution in [3.8, 4) is 11.5 Å². The number of urea groups is 1. The fourth-order valence-electron chi connectivity index (χ4n) is 3.09. The fourth-order valence-corrected chi connectivity index (χ4v) is 5.34. The highest BCUT2D eigenvalue weighted by Gasteiger charge is 2.25. The molecule has 0 unspecified atom stereocenters. The Kier molecular flexibility index (Phi) is 8.10. The third-order valence-corrected chi connectivity index (χ3v) is 7.64. The van der Waals surface area contributed by atoms with Gasteiger partial charge in [-0.15, -0.1) is 10.2 Å². The maximum atomic E-state index is 12.8. The van der Waals surface area contributed by atoms with E-state index in [-0.39, 0.29) is 34.9 Å². The molecule has 178 valence electrons. The number of rotatable bonds is 10. The van der Waals surface area contributed by atoms with Crippen LogP contribution in [0.4, 0.5) is 4.79 Å². The number of benzene rings is 1. The molecular formula is C20H25N5O6S2. The summed E-state index contributed by atoms with van der Waals surface area (Å²) in [5.74, 6) is -0.166. The van der Waals surface area contributed by atoms with Crippen molar-refractivity contribution in [3.05, 3.63) is 35.5 Å². The Morgan fingerprint density at radius 2 is 2.00 bits per heavy atom. The first-order chi connectivity index (χ1) is 15.8. The Balaban J connectivity index is 1.78. The Morgan fingerprint density at radius 1 is 1.24 bits per heavy atom. The van der Waals surface area contributed by atoms with Crippen molar-refractivity contribution in [2.75, 3.05) is 32.0 Å². The topological polar surface area (TPSA) is 144 Å². The van der Waals surface area contributed by atoms with E-state index in [1.165, 1.54) is 16.4 Å². The van der Waals surface area contributed by atoms with Crippen LogP contribution < -0.4 is 10.6 Å². The van der Waals surface area contributed by atoms with Crippen LogP contribution in [0, 0.1) is 0 Å². The van der Waals surface area contributed by atoms with Crippen molar-refractivity contribution >= 4 is 33.8 Å². The SMILES string of the molecule is CCOC(=O)C1=C(CSc2nnc(-c3cccc(S(=O)(=O)N(CC)CC)c3)o2)NC(=O)NC1. The van der Waals surface area contributed by atoms with E-state index in [4.69, 9.17) is 9.15 Å². The molecule has 0 bridgehead atoms. The van der Waals surface area contributed by atoms with Gasteiger partial charge in [-0.05, 0) is 25.1 Å². The van der Waals surface area contributed by atoms with E-state index >= 15 is 0 Å². The van der Waals surface area contributed by atoms with Crippen molar-refractivity contribution < 1.29 is 27.2 Å². The summed E-state index contributed by atoms with van der Waals surface area (Å²) < 4.78 is 37.7. The molecule has 1 aromatic heterocycles. The Bertz CT molecular complexity index is 1160. The molecule has 2 N–H and O–H groups in total.